The summed E-state index contributed by atoms with van der Waals surface area (Å²) < 4.78 is 0. The number of thioether (sulfide) groups is 1. The molecule has 2 unspecified atom stereocenters. The third kappa shape index (κ3) is 3.67. The summed E-state index contributed by atoms with van der Waals surface area (Å²) in [5.74, 6) is 3.76. The van der Waals surface area contributed by atoms with E-state index in [0.717, 1.165) is 18.0 Å². The molecule has 1 nitrogen and oxygen atoms in total. The average Bonchev–Trinajstić information content (AvgIpc) is 2.31. The molecule has 0 bridgehead atoms. The van der Waals surface area contributed by atoms with Crippen molar-refractivity contribution in [1.82, 2.24) is 5.32 Å². The van der Waals surface area contributed by atoms with Crippen LogP contribution in [0.3, 0.4) is 0 Å². The van der Waals surface area contributed by atoms with Gasteiger partial charge in [-0.1, -0.05) is 26.2 Å². The molecule has 1 saturated carbocycles. The quantitative estimate of drug-likeness (QED) is 0.792. The second-order valence-electron chi connectivity index (χ2n) is 5.19. The first-order valence-electron chi connectivity index (χ1n) is 6.72. The van der Waals surface area contributed by atoms with E-state index in [9.17, 15) is 0 Å². The molecule has 0 spiro atoms. The SMILES string of the molecule is CCC1CCCC(NC2CCSCC2)C1. The van der Waals surface area contributed by atoms with Gasteiger partial charge < -0.3 is 5.32 Å². The van der Waals surface area contributed by atoms with Crippen LogP contribution in [0.2, 0.25) is 0 Å². The zero-order valence-electron chi connectivity index (χ0n) is 10.0. The summed E-state index contributed by atoms with van der Waals surface area (Å²) in [5, 5.41) is 3.91. The maximum absolute atomic E-state index is 3.91. The lowest BCUT2D eigenvalue weighted by Gasteiger charge is -2.33. The van der Waals surface area contributed by atoms with E-state index in [2.05, 4.69) is 24.0 Å². The Morgan fingerprint density at radius 1 is 1.07 bits per heavy atom. The number of hydrogen-bond acceptors (Lipinski definition) is 2. The molecular weight excluding hydrogens is 202 g/mol. The average molecular weight is 227 g/mol. The van der Waals surface area contributed by atoms with Crippen LogP contribution in [0.15, 0.2) is 0 Å². The fraction of sp³-hybridized carbons (Fsp3) is 1.00. The number of nitrogens with one attached hydrogen (secondary N) is 1. The number of hydrogen-bond donors (Lipinski definition) is 1. The normalized spacial score (nSPS) is 34.2. The Hall–Kier alpha value is 0.310. The minimum absolute atomic E-state index is 0.840. The van der Waals surface area contributed by atoms with Gasteiger partial charge in [0.05, 0.1) is 0 Å². The highest BCUT2D eigenvalue weighted by Gasteiger charge is 2.23. The molecule has 1 aliphatic heterocycles. The van der Waals surface area contributed by atoms with Crippen molar-refractivity contribution in [1.29, 1.82) is 0 Å². The molecule has 0 amide bonds. The van der Waals surface area contributed by atoms with E-state index >= 15 is 0 Å². The van der Waals surface area contributed by atoms with E-state index in [1.165, 1.54) is 56.5 Å². The zero-order chi connectivity index (χ0) is 10.5. The Bertz CT molecular complexity index is 177. The molecular formula is C13H25NS. The first-order chi connectivity index (χ1) is 7.38. The molecule has 2 heteroatoms. The van der Waals surface area contributed by atoms with Gasteiger partial charge in [-0.25, -0.2) is 0 Å². The first kappa shape index (κ1) is 11.8. The van der Waals surface area contributed by atoms with Crippen LogP contribution in [0, 0.1) is 5.92 Å². The van der Waals surface area contributed by atoms with Crippen LogP contribution in [0.5, 0.6) is 0 Å². The van der Waals surface area contributed by atoms with Crippen LogP contribution in [0.4, 0.5) is 0 Å². The Labute approximate surface area is 98.8 Å². The molecule has 0 aromatic rings. The van der Waals surface area contributed by atoms with E-state index in [0.29, 0.717) is 0 Å². The maximum Gasteiger partial charge on any atom is 0.00853 e. The van der Waals surface area contributed by atoms with E-state index < -0.39 is 0 Å². The van der Waals surface area contributed by atoms with E-state index in [1.54, 1.807) is 0 Å². The molecule has 1 heterocycles. The lowest BCUT2D eigenvalue weighted by Crippen LogP contribution is -2.42. The van der Waals surface area contributed by atoms with Crippen LogP contribution in [0.25, 0.3) is 0 Å². The third-order valence-corrected chi connectivity index (χ3v) is 5.10. The molecule has 0 aromatic heterocycles. The molecule has 2 rings (SSSR count). The van der Waals surface area contributed by atoms with Crippen molar-refractivity contribution in [3.05, 3.63) is 0 Å². The third-order valence-electron chi connectivity index (χ3n) is 4.05. The Balaban J connectivity index is 1.72. The van der Waals surface area contributed by atoms with Crippen molar-refractivity contribution in [3.8, 4) is 0 Å². The van der Waals surface area contributed by atoms with Crippen LogP contribution in [-0.2, 0) is 0 Å². The van der Waals surface area contributed by atoms with Crippen molar-refractivity contribution in [2.24, 2.45) is 5.92 Å². The molecule has 1 saturated heterocycles. The highest BCUT2D eigenvalue weighted by Crippen LogP contribution is 2.28. The van der Waals surface area contributed by atoms with Gasteiger partial charge in [0.15, 0.2) is 0 Å². The Kier molecular flexibility index (Phi) is 4.83. The van der Waals surface area contributed by atoms with Crippen LogP contribution in [-0.4, -0.2) is 23.6 Å². The standard InChI is InChI=1S/C13H25NS/c1-2-11-4-3-5-13(10-11)14-12-6-8-15-9-7-12/h11-14H,2-10H2,1H3. The van der Waals surface area contributed by atoms with Crippen LogP contribution >= 0.6 is 11.8 Å². The van der Waals surface area contributed by atoms with Gasteiger partial charge >= 0.3 is 0 Å². The fourth-order valence-electron chi connectivity index (χ4n) is 3.01. The van der Waals surface area contributed by atoms with Crippen molar-refractivity contribution < 1.29 is 0 Å². The zero-order valence-corrected chi connectivity index (χ0v) is 10.8. The minimum Gasteiger partial charge on any atom is -0.311 e. The largest absolute Gasteiger partial charge is 0.311 e. The van der Waals surface area contributed by atoms with Gasteiger partial charge in [0.2, 0.25) is 0 Å². The first-order valence-corrected chi connectivity index (χ1v) is 7.87. The summed E-state index contributed by atoms with van der Waals surface area (Å²) >= 11 is 2.13. The molecule has 2 atom stereocenters. The molecule has 2 fully saturated rings. The van der Waals surface area contributed by atoms with Crippen molar-refractivity contribution in [2.45, 2.75) is 64.0 Å². The van der Waals surface area contributed by atoms with Gasteiger partial charge in [0.1, 0.15) is 0 Å². The predicted octanol–water partition coefficient (Wildman–Crippen LogP) is 3.44. The molecule has 0 radical (unpaired) electrons. The summed E-state index contributed by atoms with van der Waals surface area (Å²) in [4.78, 5) is 0. The number of rotatable bonds is 3. The highest BCUT2D eigenvalue weighted by molar-refractivity contribution is 7.99. The Morgan fingerprint density at radius 3 is 2.60 bits per heavy atom. The van der Waals surface area contributed by atoms with E-state index in [-0.39, 0.29) is 0 Å². The van der Waals surface area contributed by atoms with Crippen molar-refractivity contribution >= 4 is 11.8 Å². The lowest BCUT2D eigenvalue weighted by atomic mass is 9.84. The topological polar surface area (TPSA) is 12.0 Å². The van der Waals surface area contributed by atoms with Crippen molar-refractivity contribution in [3.63, 3.8) is 0 Å². The maximum atomic E-state index is 3.91. The summed E-state index contributed by atoms with van der Waals surface area (Å²) in [7, 11) is 0. The minimum atomic E-state index is 0.840. The molecule has 15 heavy (non-hydrogen) atoms. The second-order valence-corrected chi connectivity index (χ2v) is 6.42. The van der Waals surface area contributed by atoms with Gasteiger partial charge in [0.25, 0.3) is 0 Å². The van der Waals surface area contributed by atoms with Gasteiger partial charge in [-0.15, -0.1) is 0 Å². The second kappa shape index (κ2) is 6.15. The smallest absolute Gasteiger partial charge is 0.00853 e. The van der Waals surface area contributed by atoms with Gasteiger partial charge in [-0.05, 0) is 43.1 Å². The lowest BCUT2D eigenvalue weighted by molar-refractivity contribution is 0.257. The molecule has 1 N–H and O–H groups in total. The summed E-state index contributed by atoms with van der Waals surface area (Å²) in [5.41, 5.74) is 0. The molecule has 88 valence electrons. The predicted molar refractivity (Wildman–Crippen MR) is 69.5 cm³/mol. The van der Waals surface area contributed by atoms with Crippen LogP contribution < -0.4 is 5.32 Å². The van der Waals surface area contributed by atoms with Gasteiger partial charge in [-0.2, -0.15) is 11.8 Å². The molecule has 0 aromatic carbocycles. The Morgan fingerprint density at radius 2 is 1.87 bits per heavy atom. The molecule has 2 aliphatic rings. The van der Waals surface area contributed by atoms with E-state index in [1.807, 2.05) is 0 Å². The van der Waals surface area contributed by atoms with Crippen molar-refractivity contribution in [2.75, 3.05) is 11.5 Å². The summed E-state index contributed by atoms with van der Waals surface area (Å²) in [6.45, 7) is 2.35. The summed E-state index contributed by atoms with van der Waals surface area (Å²) in [6, 6.07) is 1.68. The van der Waals surface area contributed by atoms with E-state index in [4.69, 9.17) is 0 Å². The van der Waals surface area contributed by atoms with Gasteiger partial charge in [0, 0.05) is 12.1 Å². The van der Waals surface area contributed by atoms with Gasteiger partial charge in [-0.3, -0.25) is 0 Å². The highest BCUT2D eigenvalue weighted by atomic mass is 32.2. The fourth-order valence-corrected chi connectivity index (χ4v) is 4.12. The summed E-state index contributed by atoms with van der Waals surface area (Å²) in [6.07, 6.45) is 10.0. The molecule has 1 aliphatic carbocycles. The monoisotopic (exact) mass is 227 g/mol. The van der Waals surface area contributed by atoms with Crippen LogP contribution in [0.1, 0.15) is 51.9 Å².